The molecule has 1 aromatic heterocycles. The van der Waals surface area contributed by atoms with Crippen molar-refractivity contribution in [1.82, 2.24) is 19.7 Å². The molecule has 1 N–H and O–H groups in total. The van der Waals surface area contributed by atoms with Crippen LogP contribution in [-0.4, -0.2) is 77.0 Å². The second kappa shape index (κ2) is 13.6. The molecule has 3 aliphatic heterocycles. The summed E-state index contributed by atoms with van der Waals surface area (Å²) < 4.78 is 49.1. The molecule has 2 saturated heterocycles. The fraction of sp³-hybridized carbons (Fsp3) is 0.344. The average molecular weight is 653 g/mol. The molecule has 3 aliphatic rings. The second-order valence-electron chi connectivity index (χ2n) is 11.2. The van der Waals surface area contributed by atoms with Gasteiger partial charge in [0, 0.05) is 43.5 Å². The Labute approximate surface area is 266 Å². The van der Waals surface area contributed by atoms with Gasteiger partial charge in [-0.1, -0.05) is 36.4 Å². The van der Waals surface area contributed by atoms with Gasteiger partial charge in [-0.05, 0) is 24.5 Å². The lowest BCUT2D eigenvalue weighted by Gasteiger charge is -2.36. The van der Waals surface area contributed by atoms with Crippen molar-refractivity contribution in [2.24, 2.45) is 0 Å². The molecule has 0 bridgehead atoms. The summed E-state index contributed by atoms with van der Waals surface area (Å²) in [7, 11) is 0. The van der Waals surface area contributed by atoms with Gasteiger partial charge in [0.2, 0.25) is 18.0 Å². The molecule has 4 heterocycles. The molecule has 0 spiro atoms. The minimum Gasteiger partial charge on any atom is -0.458 e. The third-order valence-corrected chi connectivity index (χ3v) is 8.26. The van der Waals surface area contributed by atoms with Gasteiger partial charge in [0.05, 0.1) is 6.54 Å². The molecule has 15 heteroatoms. The van der Waals surface area contributed by atoms with Crippen LogP contribution in [0.2, 0.25) is 0 Å². The Kier molecular flexibility index (Phi) is 9.15. The van der Waals surface area contributed by atoms with E-state index in [0.29, 0.717) is 12.6 Å². The first-order valence-electron chi connectivity index (χ1n) is 14.9. The number of halogens is 2. The topological polar surface area (TPSA) is 146 Å². The molecule has 2 fully saturated rings. The monoisotopic (exact) mass is 652 g/mol. The van der Waals surface area contributed by atoms with Crippen molar-refractivity contribution in [3.8, 4) is 5.75 Å². The van der Waals surface area contributed by atoms with Gasteiger partial charge in [0.15, 0.2) is 12.3 Å². The average Bonchev–Trinajstić information content (AvgIpc) is 3.66. The van der Waals surface area contributed by atoms with Gasteiger partial charge >= 0.3 is 12.1 Å². The highest BCUT2D eigenvalue weighted by atomic mass is 19.1. The maximum atomic E-state index is 14.2. The number of hydrogen-bond donors (Lipinski definition) is 1. The Balaban J connectivity index is 1.15. The van der Waals surface area contributed by atoms with Crippen LogP contribution in [0.1, 0.15) is 44.8 Å². The Hall–Kier alpha value is -5.31. The number of esters is 1. The number of carbonyl (C=O) groups is 4. The highest BCUT2D eigenvalue weighted by Gasteiger charge is 2.48. The fourth-order valence-electron chi connectivity index (χ4n) is 6.02. The number of rotatable bonds is 10. The van der Waals surface area contributed by atoms with Crippen molar-refractivity contribution in [2.45, 2.75) is 44.7 Å². The fourth-order valence-corrected chi connectivity index (χ4v) is 6.02. The largest absolute Gasteiger partial charge is 0.511 e. The summed E-state index contributed by atoms with van der Waals surface area (Å²) >= 11 is 0. The summed E-state index contributed by atoms with van der Waals surface area (Å²) in [6.07, 6.45) is 1.55. The standard InChI is InChI=1S/C32H30F2N4O9/c33-21-9-8-20(24(34)11-21)12-35-30(41)23-14-36-15-25-37-10-4-7-22(37)13-38(25)31(42)27(36)29(28(23)40)46-18-47-32(43)45-17-26(39)44-16-19-5-2-1-3-6-19/h1-3,5-6,8-9,11,14,22,25H,4,7,10,12-13,15-18H2,(H,35,41). The van der Waals surface area contributed by atoms with E-state index in [1.165, 1.54) is 16.8 Å². The first-order chi connectivity index (χ1) is 22.7. The minimum absolute atomic E-state index is 0.0120. The Bertz CT molecular complexity index is 1770. The van der Waals surface area contributed by atoms with Crippen LogP contribution in [0.25, 0.3) is 0 Å². The maximum absolute atomic E-state index is 14.2. The van der Waals surface area contributed by atoms with Crippen molar-refractivity contribution in [3.63, 3.8) is 0 Å². The third-order valence-electron chi connectivity index (χ3n) is 8.26. The molecule has 13 nitrogen and oxygen atoms in total. The zero-order valence-electron chi connectivity index (χ0n) is 25.0. The summed E-state index contributed by atoms with van der Waals surface area (Å²) in [6, 6.07) is 11.9. The number of ether oxygens (including phenoxy) is 4. The van der Waals surface area contributed by atoms with Crippen LogP contribution in [0.5, 0.6) is 5.75 Å². The molecular formula is C32H30F2N4O9. The Morgan fingerprint density at radius 3 is 2.57 bits per heavy atom. The van der Waals surface area contributed by atoms with Gasteiger partial charge in [-0.2, -0.15) is 0 Å². The number of pyridine rings is 1. The van der Waals surface area contributed by atoms with Gasteiger partial charge < -0.3 is 33.7 Å². The van der Waals surface area contributed by atoms with E-state index in [2.05, 4.69) is 10.2 Å². The predicted octanol–water partition coefficient (Wildman–Crippen LogP) is 2.55. The number of hydrogen-bond acceptors (Lipinski definition) is 10. The second-order valence-corrected chi connectivity index (χ2v) is 11.2. The van der Waals surface area contributed by atoms with Crippen LogP contribution in [0.15, 0.2) is 59.5 Å². The van der Waals surface area contributed by atoms with Crippen molar-refractivity contribution >= 4 is 23.9 Å². The van der Waals surface area contributed by atoms with Crippen LogP contribution in [0.4, 0.5) is 13.6 Å². The van der Waals surface area contributed by atoms with Crippen LogP contribution in [-0.2, 0) is 38.7 Å². The van der Waals surface area contributed by atoms with Gasteiger partial charge in [0.25, 0.3) is 11.8 Å². The molecule has 47 heavy (non-hydrogen) atoms. The third kappa shape index (κ3) is 6.79. The summed E-state index contributed by atoms with van der Waals surface area (Å²) in [6.45, 7) is -0.525. The predicted molar refractivity (Wildman–Crippen MR) is 157 cm³/mol. The Morgan fingerprint density at radius 2 is 1.79 bits per heavy atom. The lowest BCUT2D eigenvalue weighted by molar-refractivity contribution is -0.149. The normalized spacial score (nSPS) is 18.2. The summed E-state index contributed by atoms with van der Waals surface area (Å²) in [5, 5.41) is 2.44. The SMILES string of the molecule is O=C(COC(=O)OCOc1c2n(cc(C(=O)NCc3ccc(F)cc3F)c1=O)CC1N(CC3CCCN31)C2=O)OCc1ccccc1. The molecule has 0 radical (unpaired) electrons. The van der Waals surface area contributed by atoms with Gasteiger partial charge in [0.1, 0.15) is 30.0 Å². The van der Waals surface area contributed by atoms with Crippen molar-refractivity contribution < 1.29 is 46.9 Å². The van der Waals surface area contributed by atoms with Crippen LogP contribution >= 0.6 is 0 Å². The van der Waals surface area contributed by atoms with Crippen molar-refractivity contribution in [3.05, 3.63) is 99.0 Å². The number of benzene rings is 2. The summed E-state index contributed by atoms with van der Waals surface area (Å²) in [5.74, 6) is -4.41. The molecule has 2 atom stereocenters. The summed E-state index contributed by atoms with van der Waals surface area (Å²) in [5.41, 5.74) is -0.786. The lowest BCUT2D eigenvalue weighted by Crippen LogP contribution is -2.50. The number of aromatic nitrogens is 1. The van der Waals surface area contributed by atoms with Crippen LogP contribution in [0, 0.1) is 11.6 Å². The van der Waals surface area contributed by atoms with Crippen molar-refractivity contribution in [2.75, 3.05) is 26.5 Å². The molecular weight excluding hydrogens is 622 g/mol. The molecule has 0 saturated carbocycles. The number of carbonyl (C=O) groups excluding carboxylic acids is 4. The first kappa shape index (κ1) is 31.7. The van der Waals surface area contributed by atoms with E-state index >= 15 is 0 Å². The van der Waals surface area contributed by atoms with E-state index < -0.39 is 65.7 Å². The number of nitrogens with zero attached hydrogens (tertiary/aromatic N) is 3. The summed E-state index contributed by atoms with van der Waals surface area (Å²) in [4.78, 5) is 68.4. The minimum atomic E-state index is -1.31. The molecule has 2 unspecified atom stereocenters. The highest BCUT2D eigenvalue weighted by molar-refractivity contribution is 5.99. The molecule has 6 rings (SSSR count). The number of nitrogens with one attached hydrogen (secondary N) is 1. The molecule has 2 aromatic carbocycles. The van der Waals surface area contributed by atoms with Gasteiger partial charge in [-0.3, -0.25) is 19.3 Å². The van der Waals surface area contributed by atoms with Gasteiger partial charge in [-0.15, -0.1) is 0 Å². The zero-order chi connectivity index (χ0) is 33.1. The molecule has 2 amide bonds. The molecule has 246 valence electrons. The highest BCUT2D eigenvalue weighted by Crippen LogP contribution is 2.35. The van der Waals surface area contributed by atoms with Gasteiger partial charge in [-0.25, -0.2) is 18.4 Å². The van der Waals surface area contributed by atoms with E-state index in [1.807, 2.05) is 6.07 Å². The van der Waals surface area contributed by atoms with E-state index in [-0.39, 0.29) is 43.2 Å². The number of amides is 2. The smallest absolute Gasteiger partial charge is 0.458 e. The van der Waals surface area contributed by atoms with E-state index in [1.54, 1.807) is 29.2 Å². The van der Waals surface area contributed by atoms with Crippen molar-refractivity contribution in [1.29, 1.82) is 0 Å². The maximum Gasteiger partial charge on any atom is 0.511 e. The Morgan fingerprint density at radius 1 is 0.979 bits per heavy atom. The molecule has 3 aromatic rings. The first-order valence-corrected chi connectivity index (χ1v) is 14.9. The lowest BCUT2D eigenvalue weighted by atomic mass is 10.1. The molecule has 0 aliphatic carbocycles. The quantitative estimate of drug-likeness (QED) is 0.256. The zero-order valence-corrected chi connectivity index (χ0v) is 25.0. The number of fused-ring (bicyclic) bond motifs is 4. The van der Waals surface area contributed by atoms with Crippen LogP contribution in [0.3, 0.4) is 0 Å². The van der Waals surface area contributed by atoms with E-state index in [0.717, 1.165) is 31.0 Å². The van der Waals surface area contributed by atoms with E-state index in [9.17, 15) is 32.8 Å². The van der Waals surface area contributed by atoms with E-state index in [4.69, 9.17) is 18.9 Å². The van der Waals surface area contributed by atoms with Crippen LogP contribution < -0.4 is 15.5 Å².